The molecule has 1 aliphatic rings. The maximum atomic E-state index is 14.0. The Morgan fingerprint density at radius 3 is 2.61 bits per heavy atom. The number of hydrogen-bond donors (Lipinski definition) is 2. The molecule has 0 spiro atoms. The summed E-state index contributed by atoms with van der Waals surface area (Å²) in [6.07, 6.45) is 3.88. The Morgan fingerprint density at radius 1 is 1.50 bits per heavy atom. The molecule has 0 aromatic heterocycles. The van der Waals surface area contributed by atoms with Gasteiger partial charge in [0.25, 0.3) is 0 Å². The van der Waals surface area contributed by atoms with Gasteiger partial charge in [0.2, 0.25) is 5.82 Å². The Labute approximate surface area is 114 Å². The lowest BCUT2D eigenvalue weighted by atomic mass is 9.78. The fraction of sp³-hybridized carbons (Fsp3) is 0.538. The lowest BCUT2D eigenvalue weighted by molar-refractivity contribution is 0.346. The number of nitrogens with two attached hydrogens (primary N) is 1. The van der Waals surface area contributed by atoms with Crippen LogP contribution >= 0.6 is 15.9 Å². The molecule has 1 fully saturated rings. The molecule has 18 heavy (non-hydrogen) atoms. The van der Waals surface area contributed by atoms with Gasteiger partial charge in [0.05, 0.1) is 11.6 Å². The van der Waals surface area contributed by atoms with Gasteiger partial charge >= 0.3 is 0 Å². The monoisotopic (exact) mass is 317 g/mol. The molecule has 1 saturated carbocycles. The molecule has 0 saturated heterocycles. The quantitative estimate of drug-likeness (QED) is 0.900. The van der Waals surface area contributed by atoms with Crippen molar-refractivity contribution in [3.05, 3.63) is 21.9 Å². The molecule has 0 atom stereocenters. The van der Waals surface area contributed by atoms with Crippen LogP contribution in [0.2, 0.25) is 0 Å². The predicted molar refractivity (Wildman–Crippen MR) is 71.5 cm³/mol. The number of methoxy groups -OCH3 is 1. The van der Waals surface area contributed by atoms with E-state index in [4.69, 9.17) is 10.5 Å². The van der Waals surface area contributed by atoms with Gasteiger partial charge in [-0.1, -0.05) is 12.8 Å². The summed E-state index contributed by atoms with van der Waals surface area (Å²) in [5.74, 6) is -1.02. The third kappa shape index (κ3) is 1.99. The number of rotatable bonds is 3. The van der Waals surface area contributed by atoms with E-state index in [1.54, 1.807) is 6.07 Å². The molecule has 2 rings (SSSR count). The molecule has 3 N–H and O–H groups in total. The standard InChI is InChI=1S/C13H17BrFNO2/c1-18-12-9(14)6-8(11(17)10(12)15)13(7-16)4-2-3-5-13/h6,17H,2-5,7,16H2,1H3. The molecular formula is C13H17BrFNO2. The summed E-state index contributed by atoms with van der Waals surface area (Å²) in [6, 6.07) is 1.73. The second-order valence-corrected chi connectivity index (χ2v) is 5.65. The Bertz CT molecular complexity index is 459. The highest BCUT2D eigenvalue weighted by atomic mass is 79.9. The molecule has 1 aliphatic carbocycles. The summed E-state index contributed by atoms with van der Waals surface area (Å²) in [4.78, 5) is 0. The van der Waals surface area contributed by atoms with E-state index in [2.05, 4.69) is 15.9 Å². The highest BCUT2D eigenvalue weighted by molar-refractivity contribution is 9.10. The van der Waals surface area contributed by atoms with E-state index in [9.17, 15) is 9.50 Å². The van der Waals surface area contributed by atoms with Crippen LogP contribution in [0.15, 0.2) is 10.5 Å². The first-order chi connectivity index (χ1) is 8.55. The highest BCUT2D eigenvalue weighted by Crippen LogP contribution is 2.47. The molecule has 0 heterocycles. The molecule has 100 valence electrons. The van der Waals surface area contributed by atoms with Crippen LogP contribution in [0.1, 0.15) is 31.2 Å². The third-order valence-electron chi connectivity index (χ3n) is 3.88. The molecule has 0 bridgehead atoms. The molecule has 1 aromatic rings. The minimum absolute atomic E-state index is 0.0291. The average Bonchev–Trinajstić information content (AvgIpc) is 2.84. The van der Waals surface area contributed by atoms with Crippen molar-refractivity contribution in [2.24, 2.45) is 5.73 Å². The summed E-state index contributed by atoms with van der Waals surface area (Å²) in [5.41, 5.74) is 6.14. The van der Waals surface area contributed by atoms with Crippen LogP contribution < -0.4 is 10.5 Å². The van der Waals surface area contributed by atoms with Crippen LogP contribution in [0.3, 0.4) is 0 Å². The van der Waals surface area contributed by atoms with Crippen LogP contribution in [0, 0.1) is 5.82 Å². The molecule has 0 unspecified atom stereocenters. The van der Waals surface area contributed by atoms with E-state index in [0.29, 0.717) is 16.6 Å². The van der Waals surface area contributed by atoms with E-state index in [0.717, 1.165) is 25.7 Å². The highest BCUT2D eigenvalue weighted by Gasteiger charge is 2.38. The van der Waals surface area contributed by atoms with Crippen molar-refractivity contribution in [3.63, 3.8) is 0 Å². The van der Waals surface area contributed by atoms with Crippen LogP contribution in [0.5, 0.6) is 11.5 Å². The summed E-state index contributed by atoms with van der Waals surface area (Å²) < 4.78 is 19.5. The van der Waals surface area contributed by atoms with Crippen LogP contribution in [-0.2, 0) is 5.41 Å². The number of benzene rings is 1. The minimum atomic E-state index is -0.721. The van der Waals surface area contributed by atoms with Gasteiger partial charge in [0, 0.05) is 17.5 Å². The molecule has 1 aromatic carbocycles. The normalized spacial score (nSPS) is 18.0. The number of phenols is 1. The van der Waals surface area contributed by atoms with Crippen LogP contribution in [0.4, 0.5) is 4.39 Å². The Hall–Kier alpha value is -0.810. The average molecular weight is 318 g/mol. The smallest absolute Gasteiger partial charge is 0.208 e. The minimum Gasteiger partial charge on any atom is -0.505 e. The topological polar surface area (TPSA) is 55.5 Å². The van der Waals surface area contributed by atoms with Gasteiger partial charge in [0.15, 0.2) is 11.5 Å². The first kappa shape index (κ1) is 13.6. The van der Waals surface area contributed by atoms with E-state index in [1.165, 1.54) is 7.11 Å². The van der Waals surface area contributed by atoms with E-state index in [-0.39, 0.29) is 16.9 Å². The van der Waals surface area contributed by atoms with Crippen molar-refractivity contribution >= 4 is 15.9 Å². The van der Waals surface area contributed by atoms with E-state index >= 15 is 0 Å². The van der Waals surface area contributed by atoms with E-state index in [1.807, 2.05) is 0 Å². The zero-order chi connectivity index (χ0) is 13.3. The Kier molecular flexibility index (Phi) is 3.82. The van der Waals surface area contributed by atoms with Crippen molar-refractivity contribution < 1.29 is 14.2 Å². The molecule has 0 radical (unpaired) electrons. The maximum Gasteiger partial charge on any atom is 0.208 e. The summed E-state index contributed by atoms with van der Waals surface area (Å²) in [5, 5.41) is 10.1. The Balaban J connectivity index is 2.58. The molecular weight excluding hydrogens is 301 g/mol. The van der Waals surface area contributed by atoms with Crippen molar-refractivity contribution in [2.75, 3.05) is 13.7 Å². The van der Waals surface area contributed by atoms with Crippen LogP contribution in [-0.4, -0.2) is 18.8 Å². The fourth-order valence-electron chi connectivity index (χ4n) is 2.82. The van der Waals surface area contributed by atoms with Gasteiger partial charge < -0.3 is 15.6 Å². The van der Waals surface area contributed by atoms with Gasteiger partial charge in [-0.3, -0.25) is 0 Å². The van der Waals surface area contributed by atoms with Crippen molar-refractivity contribution in [1.29, 1.82) is 0 Å². The Morgan fingerprint density at radius 2 is 2.11 bits per heavy atom. The van der Waals surface area contributed by atoms with Gasteiger partial charge in [-0.15, -0.1) is 0 Å². The lowest BCUT2D eigenvalue weighted by Crippen LogP contribution is -2.32. The first-order valence-corrected chi connectivity index (χ1v) is 6.80. The number of ether oxygens (including phenoxy) is 1. The van der Waals surface area contributed by atoms with Crippen molar-refractivity contribution in [3.8, 4) is 11.5 Å². The second-order valence-electron chi connectivity index (χ2n) is 4.79. The number of phenolic OH excluding ortho intramolecular Hbond substituents is 1. The molecule has 5 heteroatoms. The van der Waals surface area contributed by atoms with Crippen molar-refractivity contribution in [1.82, 2.24) is 0 Å². The van der Waals surface area contributed by atoms with Gasteiger partial charge in [-0.25, -0.2) is 0 Å². The SMILES string of the molecule is COc1c(Br)cc(C2(CN)CCCC2)c(O)c1F. The number of hydrogen-bond acceptors (Lipinski definition) is 3. The molecule has 0 aliphatic heterocycles. The number of halogens is 2. The summed E-state index contributed by atoms with van der Waals surface area (Å²) in [6.45, 7) is 0.415. The van der Waals surface area contributed by atoms with Gasteiger partial charge in [0.1, 0.15) is 0 Å². The zero-order valence-corrected chi connectivity index (χ0v) is 11.9. The lowest BCUT2D eigenvalue weighted by Gasteiger charge is -2.29. The zero-order valence-electron chi connectivity index (χ0n) is 10.3. The second kappa shape index (κ2) is 5.05. The maximum absolute atomic E-state index is 14.0. The first-order valence-electron chi connectivity index (χ1n) is 6.01. The van der Waals surface area contributed by atoms with Crippen LogP contribution in [0.25, 0.3) is 0 Å². The van der Waals surface area contributed by atoms with Gasteiger partial charge in [-0.2, -0.15) is 4.39 Å². The van der Waals surface area contributed by atoms with E-state index < -0.39 is 5.82 Å². The summed E-state index contributed by atoms with van der Waals surface area (Å²) in [7, 11) is 1.37. The fourth-order valence-corrected chi connectivity index (χ4v) is 3.38. The number of aromatic hydroxyl groups is 1. The predicted octanol–water partition coefficient (Wildman–Crippen LogP) is 3.07. The third-order valence-corrected chi connectivity index (χ3v) is 4.47. The largest absolute Gasteiger partial charge is 0.505 e. The molecule has 3 nitrogen and oxygen atoms in total. The summed E-state index contributed by atoms with van der Waals surface area (Å²) >= 11 is 3.28. The molecule has 0 amide bonds. The van der Waals surface area contributed by atoms with Crippen molar-refractivity contribution in [2.45, 2.75) is 31.1 Å². The van der Waals surface area contributed by atoms with Gasteiger partial charge in [-0.05, 0) is 34.8 Å².